The Morgan fingerprint density at radius 2 is 2.07 bits per heavy atom. The number of H-pyrrole nitrogens is 1. The van der Waals surface area contributed by atoms with Crippen molar-refractivity contribution >= 4 is 10.0 Å². The molecule has 80 valence electrons. The van der Waals surface area contributed by atoms with Crippen molar-refractivity contribution in [2.75, 3.05) is 0 Å². The lowest BCUT2D eigenvalue weighted by molar-refractivity contribution is -0.141. The molecular weight excluding hydrogens is 223 g/mol. The topological polar surface area (TPSA) is 88.8 Å². The molecule has 9 heteroatoms. The first-order valence-corrected chi connectivity index (χ1v) is 5.02. The molecule has 3 N–H and O–H groups in total. The summed E-state index contributed by atoms with van der Waals surface area (Å²) in [6, 6.07) is 0.602. The highest BCUT2D eigenvalue weighted by molar-refractivity contribution is 7.88. The summed E-state index contributed by atoms with van der Waals surface area (Å²) in [5.41, 5.74) is -1.36. The maximum atomic E-state index is 12.0. The van der Waals surface area contributed by atoms with E-state index in [1.54, 1.807) is 0 Å². The molecule has 0 amide bonds. The first kappa shape index (κ1) is 11.0. The van der Waals surface area contributed by atoms with E-state index in [9.17, 15) is 21.6 Å². The molecule has 0 saturated heterocycles. The number of nitrogens with zero attached hydrogens (tertiary/aromatic N) is 1. The highest BCUT2D eigenvalue weighted by Crippen LogP contribution is 2.27. The van der Waals surface area contributed by atoms with Crippen LogP contribution in [0.3, 0.4) is 0 Å². The van der Waals surface area contributed by atoms with Crippen LogP contribution in [0.1, 0.15) is 11.4 Å². The Balaban J connectivity index is 2.90. The molecule has 0 bridgehead atoms. The Morgan fingerprint density at radius 1 is 1.50 bits per heavy atom. The zero-order valence-electron chi connectivity index (χ0n) is 6.67. The molecule has 0 saturated carbocycles. The fraction of sp³-hybridized carbons (Fsp3) is 0.400. The van der Waals surface area contributed by atoms with Crippen molar-refractivity contribution in [3.05, 3.63) is 17.5 Å². The average molecular weight is 229 g/mol. The third-order valence-electron chi connectivity index (χ3n) is 1.28. The molecule has 0 radical (unpaired) electrons. The van der Waals surface area contributed by atoms with E-state index in [-0.39, 0.29) is 5.69 Å². The molecule has 0 spiro atoms. The molecule has 14 heavy (non-hydrogen) atoms. The predicted molar refractivity (Wildman–Crippen MR) is 40.4 cm³/mol. The van der Waals surface area contributed by atoms with Gasteiger partial charge in [0.1, 0.15) is 5.75 Å². The number of hydrogen-bond acceptors (Lipinski definition) is 3. The third kappa shape index (κ3) is 3.00. The lowest BCUT2D eigenvalue weighted by atomic mass is 10.4. The van der Waals surface area contributed by atoms with Gasteiger partial charge in [-0.2, -0.15) is 18.3 Å². The Bertz CT molecular complexity index is 422. The summed E-state index contributed by atoms with van der Waals surface area (Å²) >= 11 is 0. The molecule has 0 aliphatic rings. The van der Waals surface area contributed by atoms with Crippen LogP contribution in [0.25, 0.3) is 0 Å². The summed E-state index contributed by atoms with van der Waals surface area (Å²) in [6.45, 7) is 0. The fourth-order valence-electron chi connectivity index (χ4n) is 0.798. The van der Waals surface area contributed by atoms with Gasteiger partial charge < -0.3 is 0 Å². The first-order valence-electron chi connectivity index (χ1n) is 3.30. The quantitative estimate of drug-likeness (QED) is 0.760. The largest absolute Gasteiger partial charge is 0.435 e. The molecule has 1 heterocycles. The second kappa shape index (κ2) is 3.24. The van der Waals surface area contributed by atoms with Crippen LogP contribution in [-0.2, 0) is 22.0 Å². The summed E-state index contributed by atoms with van der Waals surface area (Å²) in [4.78, 5) is 0. The molecule has 0 atom stereocenters. The van der Waals surface area contributed by atoms with Gasteiger partial charge in [0, 0.05) is 0 Å². The molecule has 0 aromatic carbocycles. The molecule has 0 aliphatic heterocycles. The van der Waals surface area contributed by atoms with Crippen molar-refractivity contribution in [2.45, 2.75) is 11.9 Å². The number of nitrogens with one attached hydrogen (secondary N) is 1. The van der Waals surface area contributed by atoms with Crippen LogP contribution >= 0.6 is 0 Å². The van der Waals surface area contributed by atoms with E-state index in [1.807, 2.05) is 5.10 Å². The summed E-state index contributed by atoms with van der Waals surface area (Å²) in [5.74, 6) is -0.698. The maximum absolute atomic E-state index is 12.0. The van der Waals surface area contributed by atoms with Crippen LogP contribution in [0.2, 0.25) is 0 Å². The van der Waals surface area contributed by atoms with Crippen LogP contribution < -0.4 is 5.14 Å². The van der Waals surface area contributed by atoms with Crippen molar-refractivity contribution < 1.29 is 21.6 Å². The van der Waals surface area contributed by atoms with Gasteiger partial charge in [-0.3, -0.25) is 5.10 Å². The van der Waals surface area contributed by atoms with Gasteiger partial charge in [-0.1, -0.05) is 0 Å². The number of rotatable bonds is 2. The highest BCUT2D eigenvalue weighted by Gasteiger charge is 2.34. The SMILES string of the molecule is NS(=O)(=O)Cc1cc(C(F)(F)F)n[nH]1. The number of aromatic amines is 1. The van der Waals surface area contributed by atoms with Gasteiger partial charge in [-0.15, -0.1) is 0 Å². The second-order valence-electron chi connectivity index (χ2n) is 2.58. The molecule has 1 rings (SSSR count). The minimum absolute atomic E-state index is 0.195. The van der Waals surface area contributed by atoms with Gasteiger partial charge in [0.15, 0.2) is 5.69 Å². The van der Waals surface area contributed by atoms with E-state index in [4.69, 9.17) is 0 Å². The van der Waals surface area contributed by atoms with Crippen molar-refractivity contribution in [2.24, 2.45) is 5.14 Å². The highest BCUT2D eigenvalue weighted by atomic mass is 32.2. The van der Waals surface area contributed by atoms with E-state index < -0.39 is 27.6 Å². The molecule has 1 aromatic rings. The minimum atomic E-state index is -4.59. The van der Waals surface area contributed by atoms with Crippen molar-refractivity contribution in [1.82, 2.24) is 10.2 Å². The lowest BCUT2D eigenvalue weighted by Gasteiger charge is -1.98. The number of alkyl halides is 3. The van der Waals surface area contributed by atoms with Crippen LogP contribution in [0, 0.1) is 0 Å². The number of aromatic nitrogens is 2. The molecular formula is C5H6F3N3O2S. The van der Waals surface area contributed by atoms with Gasteiger partial charge >= 0.3 is 6.18 Å². The third-order valence-corrected chi connectivity index (χ3v) is 1.99. The molecule has 0 unspecified atom stereocenters. The van der Waals surface area contributed by atoms with Crippen LogP contribution in [0.5, 0.6) is 0 Å². The second-order valence-corrected chi connectivity index (χ2v) is 4.20. The molecule has 1 aromatic heterocycles. The predicted octanol–water partition coefficient (Wildman–Crippen LogP) is 0.217. The van der Waals surface area contributed by atoms with Gasteiger partial charge in [-0.25, -0.2) is 13.6 Å². The van der Waals surface area contributed by atoms with Crippen molar-refractivity contribution in [3.8, 4) is 0 Å². The fourth-order valence-corrected chi connectivity index (χ4v) is 1.38. The number of hydrogen-bond donors (Lipinski definition) is 2. The lowest BCUT2D eigenvalue weighted by Crippen LogP contribution is -2.14. The maximum Gasteiger partial charge on any atom is 0.435 e. The average Bonchev–Trinajstić information content (AvgIpc) is 2.29. The number of nitrogens with two attached hydrogens (primary N) is 1. The molecule has 0 aliphatic carbocycles. The Hall–Kier alpha value is -1.09. The summed E-state index contributed by atoms with van der Waals surface area (Å²) < 4.78 is 56.9. The van der Waals surface area contributed by atoms with Gasteiger partial charge in [0.25, 0.3) is 0 Å². The number of halogens is 3. The minimum Gasteiger partial charge on any atom is -0.281 e. The summed E-state index contributed by atoms with van der Waals surface area (Å²) in [7, 11) is -3.85. The van der Waals surface area contributed by atoms with Gasteiger partial charge in [0.2, 0.25) is 10.0 Å². The number of primary sulfonamides is 1. The van der Waals surface area contributed by atoms with Crippen molar-refractivity contribution in [1.29, 1.82) is 0 Å². The zero-order chi connectivity index (χ0) is 11.0. The van der Waals surface area contributed by atoms with Crippen molar-refractivity contribution in [3.63, 3.8) is 0 Å². The van der Waals surface area contributed by atoms with Gasteiger partial charge in [0.05, 0.1) is 5.69 Å². The van der Waals surface area contributed by atoms with E-state index in [1.165, 1.54) is 0 Å². The Kier molecular flexibility index (Phi) is 2.54. The van der Waals surface area contributed by atoms with E-state index in [0.29, 0.717) is 6.07 Å². The monoisotopic (exact) mass is 229 g/mol. The zero-order valence-corrected chi connectivity index (χ0v) is 7.48. The number of sulfonamides is 1. The van der Waals surface area contributed by atoms with E-state index in [0.717, 1.165) is 0 Å². The smallest absolute Gasteiger partial charge is 0.281 e. The van der Waals surface area contributed by atoms with E-state index in [2.05, 4.69) is 10.2 Å². The van der Waals surface area contributed by atoms with Gasteiger partial charge in [-0.05, 0) is 6.07 Å². The molecule has 5 nitrogen and oxygen atoms in total. The summed E-state index contributed by atoms with van der Waals surface area (Å²) in [5, 5.41) is 9.47. The van der Waals surface area contributed by atoms with Crippen LogP contribution in [0.15, 0.2) is 6.07 Å². The standard InChI is InChI=1S/C5H6F3N3O2S/c6-5(7,8)4-1-3(10-11-4)2-14(9,12)13/h1H,2H2,(H,10,11)(H2,9,12,13). The van der Waals surface area contributed by atoms with Crippen LogP contribution in [-0.4, -0.2) is 18.6 Å². The normalized spacial score (nSPS) is 13.1. The van der Waals surface area contributed by atoms with E-state index >= 15 is 0 Å². The summed E-state index contributed by atoms with van der Waals surface area (Å²) in [6.07, 6.45) is -4.59. The Morgan fingerprint density at radius 3 is 2.43 bits per heavy atom. The van der Waals surface area contributed by atoms with Crippen LogP contribution in [0.4, 0.5) is 13.2 Å². The first-order chi connectivity index (χ1) is 6.18. The Labute approximate surface area is 77.2 Å². The molecule has 0 fully saturated rings.